The van der Waals surface area contributed by atoms with Gasteiger partial charge in [-0.25, -0.2) is 4.98 Å². The molecular formula is C19H24N4O3. The van der Waals surface area contributed by atoms with Crippen LogP contribution in [0.5, 0.6) is 0 Å². The van der Waals surface area contributed by atoms with Gasteiger partial charge in [0.15, 0.2) is 11.7 Å². The standard InChI is InChI=1S/C19H24N4O3/c20-17(24)13-23-10-8-15(9-11-23)22-18(25)6-7-19-21-12-16(26-19)14-4-2-1-3-5-14/h1-5,12,15H,6-11,13H2,(H2,20,24)(H,22,25). The molecule has 1 saturated heterocycles. The molecule has 7 heteroatoms. The van der Waals surface area contributed by atoms with Gasteiger partial charge in [0.25, 0.3) is 0 Å². The lowest BCUT2D eigenvalue weighted by Crippen LogP contribution is -2.46. The molecule has 1 aromatic heterocycles. The minimum absolute atomic E-state index is 0.00203. The summed E-state index contributed by atoms with van der Waals surface area (Å²) >= 11 is 0. The first-order valence-corrected chi connectivity index (χ1v) is 8.90. The molecule has 2 amide bonds. The average molecular weight is 356 g/mol. The van der Waals surface area contributed by atoms with E-state index in [2.05, 4.69) is 10.3 Å². The van der Waals surface area contributed by atoms with Gasteiger partial charge in [0, 0.05) is 37.5 Å². The first kappa shape index (κ1) is 18.1. The summed E-state index contributed by atoms with van der Waals surface area (Å²) < 4.78 is 5.72. The average Bonchev–Trinajstić information content (AvgIpc) is 3.11. The van der Waals surface area contributed by atoms with E-state index in [0.717, 1.165) is 31.5 Å². The first-order chi connectivity index (χ1) is 12.6. The third kappa shape index (κ3) is 5.16. The number of aromatic nitrogens is 1. The number of nitrogens with two attached hydrogens (primary N) is 1. The Kier molecular flexibility index (Phi) is 6.01. The van der Waals surface area contributed by atoms with E-state index in [9.17, 15) is 9.59 Å². The second kappa shape index (κ2) is 8.62. The van der Waals surface area contributed by atoms with Crippen molar-refractivity contribution in [3.8, 4) is 11.3 Å². The number of hydrogen-bond donors (Lipinski definition) is 2. The molecule has 1 aliphatic rings. The number of oxazole rings is 1. The quantitative estimate of drug-likeness (QED) is 0.779. The van der Waals surface area contributed by atoms with Gasteiger partial charge in [-0.15, -0.1) is 0 Å². The first-order valence-electron chi connectivity index (χ1n) is 8.90. The van der Waals surface area contributed by atoms with Crippen LogP contribution in [-0.2, 0) is 16.0 Å². The largest absolute Gasteiger partial charge is 0.441 e. The van der Waals surface area contributed by atoms with E-state index in [1.165, 1.54) is 0 Å². The Hall–Kier alpha value is -2.67. The summed E-state index contributed by atoms with van der Waals surface area (Å²) in [6.45, 7) is 1.83. The van der Waals surface area contributed by atoms with E-state index in [1.807, 2.05) is 35.2 Å². The number of nitrogens with zero attached hydrogens (tertiary/aromatic N) is 2. The molecule has 0 bridgehead atoms. The van der Waals surface area contributed by atoms with Gasteiger partial charge >= 0.3 is 0 Å². The van der Waals surface area contributed by atoms with Crippen LogP contribution in [0.4, 0.5) is 0 Å². The zero-order valence-corrected chi connectivity index (χ0v) is 14.7. The number of likely N-dealkylation sites (tertiary alicyclic amines) is 1. The van der Waals surface area contributed by atoms with Crippen LogP contribution in [0.3, 0.4) is 0 Å². The number of amides is 2. The van der Waals surface area contributed by atoms with Crippen LogP contribution in [-0.4, -0.2) is 47.4 Å². The Balaban J connectivity index is 1.41. The maximum absolute atomic E-state index is 12.2. The van der Waals surface area contributed by atoms with Gasteiger partial charge in [0.1, 0.15) is 0 Å². The maximum Gasteiger partial charge on any atom is 0.231 e. The third-order valence-corrected chi connectivity index (χ3v) is 4.51. The number of rotatable bonds is 7. The minimum atomic E-state index is -0.312. The molecule has 0 unspecified atom stereocenters. The Bertz CT molecular complexity index is 736. The van der Waals surface area contributed by atoms with Gasteiger partial charge in [-0.3, -0.25) is 14.5 Å². The number of carbonyl (C=O) groups excluding carboxylic acids is 2. The van der Waals surface area contributed by atoms with Gasteiger partial charge in [-0.1, -0.05) is 30.3 Å². The summed E-state index contributed by atoms with van der Waals surface area (Å²) in [5.74, 6) is 0.962. The molecule has 26 heavy (non-hydrogen) atoms. The van der Waals surface area contributed by atoms with Gasteiger partial charge in [-0.05, 0) is 12.8 Å². The lowest BCUT2D eigenvalue weighted by Gasteiger charge is -2.31. The predicted octanol–water partition coefficient (Wildman–Crippen LogP) is 1.34. The zero-order chi connectivity index (χ0) is 18.4. The van der Waals surface area contributed by atoms with Crippen LogP contribution in [0.25, 0.3) is 11.3 Å². The summed E-state index contributed by atoms with van der Waals surface area (Å²) in [6.07, 6.45) is 4.17. The summed E-state index contributed by atoms with van der Waals surface area (Å²) in [4.78, 5) is 29.4. The van der Waals surface area contributed by atoms with E-state index in [1.54, 1.807) is 6.20 Å². The Labute approximate surface area is 152 Å². The molecule has 3 rings (SSSR count). The lowest BCUT2D eigenvalue weighted by atomic mass is 10.0. The minimum Gasteiger partial charge on any atom is -0.441 e. The molecule has 138 valence electrons. The van der Waals surface area contributed by atoms with Crippen molar-refractivity contribution in [2.75, 3.05) is 19.6 Å². The fraction of sp³-hybridized carbons (Fsp3) is 0.421. The number of piperidine rings is 1. The summed E-state index contributed by atoms with van der Waals surface area (Å²) in [5.41, 5.74) is 6.18. The van der Waals surface area contributed by atoms with Crippen molar-refractivity contribution in [2.24, 2.45) is 5.73 Å². The molecule has 0 spiro atoms. The number of benzene rings is 1. The molecule has 0 saturated carbocycles. The summed E-state index contributed by atoms with van der Waals surface area (Å²) in [7, 11) is 0. The van der Waals surface area contributed by atoms with Crippen molar-refractivity contribution >= 4 is 11.8 Å². The number of aryl methyl sites for hydroxylation is 1. The number of nitrogens with one attached hydrogen (secondary N) is 1. The normalized spacial score (nSPS) is 15.7. The molecule has 1 fully saturated rings. The molecule has 7 nitrogen and oxygen atoms in total. The van der Waals surface area contributed by atoms with Gasteiger partial charge in [0.05, 0.1) is 12.7 Å². The van der Waals surface area contributed by atoms with E-state index < -0.39 is 0 Å². The number of carbonyl (C=O) groups is 2. The molecule has 3 N–H and O–H groups in total. The van der Waals surface area contributed by atoms with Crippen LogP contribution < -0.4 is 11.1 Å². The van der Waals surface area contributed by atoms with Crippen molar-refractivity contribution in [1.82, 2.24) is 15.2 Å². The molecule has 1 aromatic carbocycles. The van der Waals surface area contributed by atoms with Crippen LogP contribution in [0, 0.1) is 0 Å². The van der Waals surface area contributed by atoms with E-state index in [4.69, 9.17) is 10.2 Å². The van der Waals surface area contributed by atoms with Crippen LogP contribution in [0.15, 0.2) is 40.9 Å². The number of primary amides is 1. The van der Waals surface area contributed by atoms with Crippen LogP contribution in [0.2, 0.25) is 0 Å². The SMILES string of the molecule is NC(=O)CN1CCC(NC(=O)CCc2ncc(-c3ccccc3)o2)CC1. The topological polar surface area (TPSA) is 101 Å². The Morgan fingerprint density at radius 3 is 2.65 bits per heavy atom. The second-order valence-electron chi connectivity index (χ2n) is 6.57. The van der Waals surface area contributed by atoms with Crippen molar-refractivity contribution in [3.63, 3.8) is 0 Å². The molecule has 2 heterocycles. The molecule has 1 aliphatic heterocycles. The van der Waals surface area contributed by atoms with E-state index in [-0.39, 0.29) is 24.4 Å². The Morgan fingerprint density at radius 1 is 1.23 bits per heavy atom. The highest BCUT2D eigenvalue weighted by molar-refractivity contribution is 5.76. The summed E-state index contributed by atoms with van der Waals surface area (Å²) in [6, 6.07) is 9.91. The third-order valence-electron chi connectivity index (χ3n) is 4.51. The van der Waals surface area contributed by atoms with E-state index in [0.29, 0.717) is 24.5 Å². The van der Waals surface area contributed by atoms with Crippen molar-refractivity contribution in [1.29, 1.82) is 0 Å². The van der Waals surface area contributed by atoms with Crippen molar-refractivity contribution in [3.05, 3.63) is 42.4 Å². The fourth-order valence-electron chi connectivity index (χ4n) is 3.14. The molecule has 0 radical (unpaired) electrons. The smallest absolute Gasteiger partial charge is 0.231 e. The van der Waals surface area contributed by atoms with Crippen LogP contribution >= 0.6 is 0 Å². The lowest BCUT2D eigenvalue weighted by molar-refractivity contribution is -0.123. The van der Waals surface area contributed by atoms with Gasteiger partial charge in [-0.2, -0.15) is 0 Å². The van der Waals surface area contributed by atoms with Gasteiger partial charge < -0.3 is 15.5 Å². The van der Waals surface area contributed by atoms with Crippen molar-refractivity contribution < 1.29 is 14.0 Å². The second-order valence-corrected chi connectivity index (χ2v) is 6.57. The zero-order valence-electron chi connectivity index (χ0n) is 14.7. The Morgan fingerprint density at radius 2 is 1.96 bits per heavy atom. The van der Waals surface area contributed by atoms with E-state index >= 15 is 0 Å². The molecule has 0 atom stereocenters. The van der Waals surface area contributed by atoms with Crippen LogP contribution in [0.1, 0.15) is 25.2 Å². The molecular weight excluding hydrogens is 332 g/mol. The maximum atomic E-state index is 12.2. The molecule has 2 aromatic rings. The monoisotopic (exact) mass is 356 g/mol. The highest BCUT2D eigenvalue weighted by Crippen LogP contribution is 2.20. The predicted molar refractivity (Wildman–Crippen MR) is 97.1 cm³/mol. The number of hydrogen-bond acceptors (Lipinski definition) is 5. The van der Waals surface area contributed by atoms with Crippen molar-refractivity contribution in [2.45, 2.75) is 31.7 Å². The highest BCUT2D eigenvalue weighted by Gasteiger charge is 2.21. The fourth-order valence-corrected chi connectivity index (χ4v) is 3.14. The summed E-state index contributed by atoms with van der Waals surface area (Å²) in [5, 5.41) is 3.05. The van der Waals surface area contributed by atoms with Gasteiger partial charge in [0.2, 0.25) is 11.8 Å². The molecule has 0 aliphatic carbocycles. The highest BCUT2D eigenvalue weighted by atomic mass is 16.4.